The molecular formula is C16H11FN2OS. The molecule has 0 amide bonds. The van der Waals surface area contributed by atoms with Gasteiger partial charge in [-0.3, -0.25) is 9.36 Å². The molecule has 0 spiro atoms. The maximum Gasteiger partial charge on any atom is 0.261 e. The van der Waals surface area contributed by atoms with E-state index < -0.39 is 0 Å². The molecule has 21 heavy (non-hydrogen) atoms. The summed E-state index contributed by atoms with van der Waals surface area (Å²) in [6, 6.07) is 9.80. The molecule has 0 saturated heterocycles. The van der Waals surface area contributed by atoms with Gasteiger partial charge in [0.2, 0.25) is 0 Å². The Kier molecular flexibility index (Phi) is 2.82. The predicted octanol–water partition coefficient (Wildman–Crippen LogP) is 3.17. The molecule has 0 N–H and O–H groups in total. The first-order valence-electron chi connectivity index (χ1n) is 6.67. The fourth-order valence-electron chi connectivity index (χ4n) is 2.71. The van der Waals surface area contributed by atoms with Crippen LogP contribution >= 0.6 is 11.8 Å². The van der Waals surface area contributed by atoms with E-state index in [1.165, 1.54) is 12.1 Å². The third kappa shape index (κ3) is 1.88. The van der Waals surface area contributed by atoms with Crippen molar-refractivity contribution in [2.24, 2.45) is 0 Å². The summed E-state index contributed by atoms with van der Waals surface area (Å²) >= 11 is 1.70. The Hall–Kier alpha value is -2.14. The second-order valence-corrected chi connectivity index (χ2v) is 6.00. The van der Waals surface area contributed by atoms with E-state index in [0.29, 0.717) is 11.3 Å². The molecule has 1 aromatic carbocycles. The molecule has 4 rings (SSSR count). The summed E-state index contributed by atoms with van der Waals surface area (Å²) < 4.78 is 14.7. The lowest BCUT2D eigenvalue weighted by molar-refractivity contribution is 0.627. The summed E-state index contributed by atoms with van der Waals surface area (Å²) in [5, 5.41) is 0.985. The lowest BCUT2D eigenvalue weighted by atomic mass is 10.1. The van der Waals surface area contributed by atoms with E-state index in [-0.39, 0.29) is 11.4 Å². The fourth-order valence-corrected chi connectivity index (χ4v) is 3.90. The smallest absolute Gasteiger partial charge is 0.261 e. The van der Waals surface area contributed by atoms with Gasteiger partial charge in [-0.2, -0.15) is 0 Å². The summed E-state index contributed by atoms with van der Waals surface area (Å²) in [5.74, 6) is 0.600. The molecule has 3 aromatic rings. The first-order chi connectivity index (χ1) is 10.3. The van der Waals surface area contributed by atoms with Crippen LogP contribution in [0.2, 0.25) is 0 Å². The highest BCUT2D eigenvalue weighted by Gasteiger charge is 2.22. The van der Waals surface area contributed by atoms with Gasteiger partial charge in [-0.05, 0) is 42.8 Å². The van der Waals surface area contributed by atoms with Crippen LogP contribution in [0.1, 0.15) is 5.56 Å². The fraction of sp³-hybridized carbons (Fsp3) is 0.125. The van der Waals surface area contributed by atoms with Crippen LogP contribution < -0.4 is 5.56 Å². The van der Waals surface area contributed by atoms with Crippen LogP contribution in [0.4, 0.5) is 4.39 Å². The highest BCUT2D eigenvalue weighted by atomic mass is 32.2. The maximum atomic E-state index is 13.1. The normalized spacial score (nSPS) is 13.6. The summed E-state index contributed by atoms with van der Waals surface area (Å²) in [5.41, 5.74) is 2.06. The zero-order valence-electron chi connectivity index (χ0n) is 11.0. The van der Waals surface area contributed by atoms with Crippen molar-refractivity contribution < 1.29 is 4.39 Å². The number of benzene rings is 1. The summed E-state index contributed by atoms with van der Waals surface area (Å²) in [6.45, 7) is 0. The van der Waals surface area contributed by atoms with Crippen molar-refractivity contribution in [2.45, 2.75) is 11.3 Å². The number of thioether (sulfide) groups is 1. The minimum absolute atomic E-state index is 0.0483. The van der Waals surface area contributed by atoms with Crippen molar-refractivity contribution in [3.8, 4) is 5.69 Å². The van der Waals surface area contributed by atoms with Gasteiger partial charge in [-0.25, -0.2) is 9.37 Å². The van der Waals surface area contributed by atoms with Crippen molar-refractivity contribution in [2.75, 3.05) is 5.75 Å². The second-order valence-electron chi connectivity index (χ2n) is 4.90. The Morgan fingerprint density at radius 1 is 1.19 bits per heavy atom. The average molecular weight is 298 g/mol. The van der Waals surface area contributed by atoms with Crippen molar-refractivity contribution >= 4 is 22.8 Å². The van der Waals surface area contributed by atoms with Crippen molar-refractivity contribution in [1.82, 2.24) is 9.55 Å². The van der Waals surface area contributed by atoms with E-state index in [2.05, 4.69) is 4.98 Å². The van der Waals surface area contributed by atoms with Gasteiger partial charge in [-0.1, -0.05) is 0 Å². The number of hydrogen-bond donors (Lipinski definition) is 0. The lowest BCUT2D eigenvalue weighted by Crippen LogP contribution is -2.23. The minimum atomic E-state index is -0.319. The highest BCUT2D eigenvalue weighted by Crippen LogP contribution is 2.35. The largest absolute Gasteiger partial charge is 0.269 e. The van der Waals surface area contributed by atoms with E-state index in [4.69, 9.17) is 0 Å². The number of aromatic nitrogens is 2. The number of fused-ring (bicyclic) bond motifs is 3. The van der Waals surface area contributed by atoms with E-state index in [9.17, 15) is 9.18 Å². The zero-order valence-corrected chi connectivity index (χ0v) is 11.9. The van der Waals surface area contributed by atoms with Crippen LogP contribution in [0, 0.1) is 5.82 Å². The van der Waals surface area contributed by atoms with Crippen LogP contribution in [-0.4, -0.2) is 15.3 Å². The van der Waals surface area contributed by atoms with Crippen LogP contribution in [-0.2, 0) is 6.42 Å². The Labute approximate surface area is 124 Å². The van der Waals surface area contributed by atoms with Crippen molar-refractivity contribution in [3.63, 3.8) is 0 Å². The number of nitrogens with zero attached hydrogens (tertiary/aromatic N) is 2. The zero-order chi connectivity index (χ0) is 14.4. The number of hydrogen-bond acceptors (Lipinski definition) is 3. The number of pyridine rings is 2. The molecule has 0 aliphatic carbocycles. The predicted molar refractivity (Wildman–Crippen MR) is 81.7 cm³/mol. The quantitative estimate of drug-likeness (QED) is 0.692. The molecule has 0 unspecified atom stereocenters. The van der Waals surface area contributed by atoms with E-state index in [1.807, 2.05) is 12.1 Å². The van der Waals surface area contributed by atoms with Gasteiger partial charge in [0.15, 0.2) is 0 Å². The molecule has 1 aliphatic heterocycles. The maximum absolute atomic E-state index is 13.1. The first-order valence-corrected chi connectivity index (χ1v) is 7.65. The Morgan fingerprint density at radius 3 is 2.81 bits per heavy atom. The van der Waals surface area contributed by atoms with Crippen LogP contribution in [0.15, 0.2) is 52.3 Å². The Bertz CT molecular complexity index is 903. The van der Waals surface area contributed by atoms with Gasteiger partial charge in [0.25, 0.3) is 5.56 Å². The molecule has 3 heterocycles. The monoisotopic (exact) mass is 298 g/mol. The molecule has 2 aromatic heterocycles. The molecule has 5 heteroatoms. The van der Waals surface area contributed by atoms with Crippen LogP contribution in [0.25, 0.3) is 16.7 Å². The van der Waals surface area contributed by atoms with Gasteiger partial charge in [0.05, 0.1) is 5.69 Å². The highest BCUT2D eigenvalue weighted by molar-refractivity contribution is 7.99. The average Bonchev–Trinajstić information content (AvgIpc) is 2.99. The minimum Gasteiger partial charge on any atom is -0.269 e. The SMILES string of the molecule is O=c1c2c(c3cccnc3n1-c1ccc(F)cc1)SCC2. The standard InChI is InChI=1S/C16H11FN2OS/c17-10-3-5-11(6-4-10)19-15-12(2-1-8-18-15)14-13(16(19)20)7-9-21-14/h1-6,8H,7,9H2. The number of halogens is 1. The van der Waals surface area contributed by atoms with Crippen molar-refractivity contribution in [1.29, 1.82) is 0 Å². The summed E-state index contributed by atoms with van der Waals surface area (Å²) in [6.07, 6.45) is 2.44. The molecule has 0 fully saturated rings. The summed E-state index contributed by atoms with van der Waals surface area (Å²) in [7, 11) is 0. The number of rotatable bonds is 1. The van der Waals surface area contributed by atoms with Gasteiger partial charge >= 0.3 is 0 Å². The third-order valence-corrected chi connectivity index (χ3v) is 4.82. The van der Waals surface area contributed by atoms with Gasteiger partial charge < -0.3 is 0 Å². The molecule has 1 aliphatic rings. The molecule has 0 radical (unpaired) electrons. The first kappa shape index (κ1) is 12.6. The molecule has 3 nitrogen and oxygen atoms in total. The van der Waals surface area contributed by atoms with Gasteiger partial charge in [0, 0.05) is 27.8 Å². The summed E-state index contributed by atoms with van der Waals surface area (Å²) in [4.78, 5) is 18.2. The van der Waals surface area contributed by atoms with E-state index >= 15 is 0 Å². The van der Waals surface area contributed by atoms with Gasteiger partial charge in [0.1, 0.15) is 11.5 Å². The van der Waals surface area contributed by atoms with Crippen molar-refractivity contribution in [3.05, 3.63) is 64.3 Å². The molecule has 0 bridgehead atoms. The van der Waals surface area contributed by atoms with E-state index in [1.54, 1.807) is 34.7 Å². The molecule has 104 valence electrons. The Balaban J connectivity index is 2.14. The second kappa shape index (κ2) is 4.70. The van der Waals surface area contributed by atoms with Crippen LogP contribution in [0.5, 0.6) is 0 Å². The molecular weight excluding hydrogens is 287 g/mol. The lowest BCUT2D eigenvalue weighted by Gasteiger charge is -2.12. The Morgan fingerprint density at radius 2 is 2.00 bits per heavy atom. The topological polar surface area (TPSA) is 34.9 Å². The molecule has 0 saturated carbocycles. The van der Waals surface area contributed by atoms with Gasteiger partial charge in [-0.15, -0.1) is 11.8 Å². The molecule has 0 atom stereocenters. The third-order valence-electron chi connectivity index (χ3n) is 3.66. The van der Waals surface area contributed by atoms with E-state index in [0.717, 1.165) is 28.0 Å². The van der Waals surface area contributed by atoms with Crippen LogP contribution in [0.3, 0.4) is 0 Å².